The molecule has 0 aliphatic carbocycles. The third-order valence-electron chi connectivity index (χ3n) is 4.41. The molecule has 0 amide bonds. The minimum Gasteiger partial charge on any atom is -0.368 e. The molecule has 1 aromatic carbocycles. The van der Waals surface area contributed by atoms with Crippen LogP contribution in [0.5, 0.6) is 0 Å². The van der Waals surface area contributed by atoms with Gasteiger partial charge >= 0.3 is 0 Å². The molecular weight excluding hydrogens is 317 g/mol. The Morgan fingerprint density at radius 2 is 1.80 bits per heavy atom. The predicted molar refractivity (Wildman–Crippen MR) is 101 cm³/mol. The second-order valence-electron chi connectivity index (χ2n) is 6.72. The van der Waals surface area contributed by atoms with Crippen LogP contribution in [-0.4, -0.2) is 21.1 Å². The number of hydrogen-bond donors (Lipinski definition) is 2. The Morgan fingerprint density at radius 3 is 2.40 bits per heavy atom. The Morgan fingerprint density at radius 1 is 1.12 bits per heavy atom. The van der Waals surface area contributed by atoms with Crippen LogP contribution in [0.2, 0.25) is 0 Å². The van der Waals surface area contributed by atoms with Crippen LogP contribution in [0, 0.1) is 12.7 Å². The maximum Gasteiger partial charge on any atom is 0.151 e. The molecule has 1 aromatic heterocycles. The SMILES string of the molecule is Cc1c(/C=C/CCCCC(O)O)c(-c2ccc(F)cc2)cn1C(C)C. The lowest BCUT2D eigenvalue weighted by molar-refractivity contribution is -0.0464. The van der Waals surface area contributed by atoms with Gasteiger partial charge < -0.3 is 14.8 Å². The number of aliphatic hydroxyl groups is 2. The summed E-state index contributed by atoms with van der Waals surface area (Å²) in [6.45, 7) is 6.40. The van der Waals surface area contributed by atoms with Crippen molar-refractivity contribution in [2.24, 2.45) is 0 Å². The van der Waals surface area contributed by atoms with Crippen molar-refractivity contribution in [1.82, 2.24) is 4.57 Å². The average Bonchev–Trinajstić information content (AvgIpc) is 2.88. The van der Waals surface area contributed by atoms with E-state index in [2.05, 4.69) is 43.7 Å². The zero-order chi connectivity index (χ0) is 18.4. The van der Waals surface area contributed by atoms with E-state index in [1.54, 1.807) is 0 Å². The number of allylic oxidation sites excluding steroid dienone is 1. The Bertz CT molecular complexity index is 699. The molecule has 2 aromatic rings. The van der Waals surface area contributed by atoms with E-state index in [-0.39, 0.29) is 5.82 Å². The molecule has 0 bridgehead atoms. The van der Waals surface area contributed by atoms with Crippen molar-refractivity contribution in [2.75, 3.05) is 0 Å². The first kappa shape index (κ1) is 19.4. The Balaban J connectivity index is 2.21. The first-order chi connectivity index (χ1) is 11.9. The molecule has 0 unspecified atom stereocenters. The number of unbranched alkanes of at least 4 members (excludes halogenated alkanes) is 2. The van der Waals surface area contributed by atoms with Crippen molar-refractivity contribution < 1.29 is 14.6 Å². The van der Waals surface area contributed by atoms with Gasteiger partial charge in [-0.05, 0) is 64.2 Å². The third-order valence-corrected chi connectivity index (χ3v) is 4.41. The minimum atomic E-state index is -1.21. The summed E-state index contributed by atoms with van der Waals surface area (Å²) in [6.07, 6.45) is 8.19. The lowest BCUT2D eigenvalue weighted by Gasteiger charge is -2.10. The van der Waals surface area contributed by atoms with Crippen molar-refractivity contribution in [3.63, 3.8) is 0 Å². The van der Waals surface area contributed by atoms with Gasteiger partial charge in [0.25, 0.3) is 0 Å². The summed E-state index contributed by atoms with van der Waals surface area (Å²) in [7, 11) is 0. The first-order valence-electron chi connectivity index (χ1n) is 8.90. The van der Waals surface area contributed by atoms with Gasteiger partial charge in [-0.2, -0.15) is 0 Å². The summed E-state index contributed by atoms with van der Waals surface area (Å²) < 4.78 is 15.5. The van der Waals surface area contributed by atoms with Crippen LogP contribution < -0.4 is 0 Å². The molecule has 136 valence electrons. The van der Waals surface area contributed by atoms with E-state index in [9.17, 15) is 4.39 Å². The lowest BCUT2D eigenvalue weighted by Crippen LogP contribution is -2.02. The fourth-order valence-electron chi connectivity index (χ4n) is 3.04. The second-order valence-corrected chi connectivity index (χ2v) is 6.72. The topological polar surface area (TPSA) is 45.4 Å². The fourth-order valence-corrected chi connectivity index (χ4v) is 3.04. The summed E-state index contributed by atoms with van der Waals surface area (Å²) in [5.41, 5.74) is 4.46. The number of nitrogens with zero attached hydrogens (tertiary/aromatic N) is 1. The summed E-state index contributed by atoms with van der Waals surface area (Å²) >= 11 is 0. The summed E-state index contributed by atoms with van der Waals surface area (Å²) in [5, 5.41) is 17.7. The molecule has 0 saturated carbocycles. The van der Waals surface area contributed by atoms with Gasteiger partial charge in [0.05, 0.1) is 0 Å². The third kappa shape index (κ3) is 5.28. The quantitative estimate of drug-likeness (QED) is 0.518. The smallest absolute Gasteiger partial charge is 0.151 e. The summed E-state index contributed by atoms with van der Waals surface area (Å²) in [5.74, 6) is -0.230. The van der Waals surface area contributed by atoms with Crippen molar-refractivity contribution in [3.8, 4) is 11.1 Å². The van der Waals surface area contributed by atoms with Crippen LogP contribution >= 0.6 is 0 Å². The van der Waals surface area contributed by atoms with Crippen LogP contribution in [-0.2, 0) is 0 Å². The highest BCUT2D eigenvalue weighted by atomic mass is 19.1. The highest BCUT2D eigenvalue weighted by molar-refractivity contribution is 5.77. The van der Waals surface area contributed by atoms with Gasteiger partial charge in [-0.15, -0.1) is 0 Å². The van der Waals surface area contributed by atoms with Gasteiger partial charge in [0.2, 0.25) is 0 Å². The molecule has 0 aliphatic rings. The molecule has 2 N–H and O–H groups in total. The number of rotatable bonds is 8. The van der Waals surface area contributed by atoms with Crippen LogP contribution in [0.15, 0.2) is 36.5 Å². The van der Waals surface area contributed by atoms with Gasteiger partial charge in [-0.3, -0.25) is 0 Å². The Kier molecular flexibility index (Phi) is 6.97. The molecular formula is C21H28FNO2. The summed E-state index contributed by atoms with van der Waals surface area (Å²) in [6, 6.07) is 6.96. The van der Waals surface area contributed by atoms with E-state index in [4.69, 9.17) is 10.2 Å². The Hall–Kier alpha value is -1.91. The number of hydrogen-bond acceptors (Lipinski definition) is 2. The van der Waals surface area contributed by atoms with Crippen LogP contribution in [0.4, 0.5) is 4.39 Å². The van der Waals surface area contributed by atoms with Gasteiger partial charge in [0.15, 0.2) is 6.29 Å². The molecule has 0 saturated heterocycles. The predicted octanol–water partition coefficient (Wildman–Crippen LogP) is 5.07. The molecule has 0 aliphatic heterocycles. The lowest BCUT2D eigenvalue weighted by atomic mass is 10.0. The molecule has 0 atom stereocenters. The standard InChI is InChI=1S/C21H28FNO2/c1-15(2)23-14-20(17-10-12-18(22)13-11-17)19(16(23)3)8-6-4-5-7-9-21(24)25/h6,8,10-15,21,24-25H,4-5,7,9H2,1-3H3/b8-6+. The van der Waals surface area contributed by atoms with Crippen molar-refractivity contribution in [1.29, 1.82) is 0 Å². The molecule has 1 heterocycles. The van der Waals surface area contributed by atoms with E-state index in [1.807, 2.05) is 12.1 Å². The van der Waals surface area contributed by atoms with Crippen molar-refractivity contribution in [2.45, 2.75) is 58.8 Å². The van der Waals surface area contributed by atoms with Gasteiger partial charge in [0.1, 0.15) is 5.82 Å². The number of aromatic nitrogens is 1. The van der Waals surface area contributed by atoms with E-state index < -0.39 is 6.29 Å². The van der Waals surface area contributed by atoms with Gasteiger partial charge in [-0.1, -0.05) is 24.3 Å². The highest BCUT2D eigenvalue weighted by Gasteiger charge is 2.13. The monoisotopic (exact) mass is 345 g/mol. The molecule has 0 fully saturated rings. The van der Waals surface area contributed by atoms with E-state index in [0.717, 1.165) is 36.0 Å². The minimum absolute atomic E-state index is 0.230. The number of aliphatic hydroxyl groups excluding tert-OH is 1. The molecule has 3 nitrogen and oxygen atoms in total. The first-order valence-corrected chi connectivity index (χ1v) is 8.90. The number of benzene rings is 1. The van der Waals surface area contributed by atoms with E-state index >= 15 is 0 Å². The van der Waals surface area contributed by atoms with Gasteiger partial charge in [0, 0.05) is 29.1 Å². The largest absolute Gasteiger partial charge is 0.368 e. The number of halogens is 1. The maximum atomic E-state index is 13.2. The van der Waals surface area contributed by atoms with Crippen molar-refractivity contribution in [3.05, 3.63) is 53.6 Å². The molecule has 0 spiro atoms. The van der Waals surface area contributed by atoms with E-state index in [0.29, 0.717) is 12.5 Å². The summed E-state index contributed by atoms with van der Waals surface area (Å²) in [4.78, 5) is 0. The molecule has 25 heavy (non-hydrogen) atoms. The Labute approximate surface area is 149 Å². The normalized spacial score (nSPS) is 12.0. The highest BCUT2D eigenvalue weighted by Crippen LogP contribution is 2.31. The average molecular weight is 345 g/mol. The maximum absolute atomic E-state index is 13.2. The van der Waals surface area contributed by atoms with Crippen LogP contribution in [0.25, 0.3) is 17.2 Å². The van der Waals surface area contributed by atoms with Crippen LogP contribution in [0.1, 0.15) is 56.8 Å². The van der Waals surface area contributed by atoms with Crippen molar-refractivity contribution >= 4 is 6.08 Å². The van der Waals surface area contributed by atoms with E-state index in [1.165, 1.54) is 17.8 Å². The fraction of sp³-hybridized carbons (Fsp3) is 0.429. The van der Waals surface area contributed by atoms with Gasteiger partial charge in [-0.25, -0.2) is 4.39 Å². The zero-order valence-corrected chi connectivity index (χ0v) is 15.2. The van der Waals surface area contributed by atoms with Crippen LogP contribution in [0.3, 0.4) is 0 Å². The molecule has 4 heteroatoms. The second kappa shape index (κ2) is 8.97. The zero-order valence-electron chi connectivity index (χ0n) is 15.2. The molecule has 2 rings (SSSR count). The molecule has 0 radical (unpaired) electrons.